The molecule has 0 bridgehead atoms. The highest BCUT2D eigenvalue weighted by molar-refractivity contribution is 7.72. The molecule has 4 aromatic rings. The lowest BCUT2D eigenvalue weighted by molar-refractivity contribution is 0.553. The fourth-order valence-electron chi connectivity index (χ4n) is 4.12. The number of aromatic nitrogens is 2. The molecule has 2 heterocycles. The lowest BCUT2D eigenvalue weighted by atomic mass is 10.1. The van der Waals surface area contributed by atoms with Gasteiger partial charge in [-0.1, -0.05) is 54.6 Å². The molecule has 0 amide bonds. The van der Waals surface area contributed by atoms with Gasteiger partial charge in [-0.15, -0.1) is 0 Å². The van der Waals surface area contributed by atoms with Gasteiger partial charge in [0, 0.05) is 18.3 Å². The lowest BCUT2D eigenvalue weighted by Gasteiger charge is -2.35. The lowest BCUT2D eigenvalue weighted by Crippen LogP contribution is -2.36. The minimum atomic E-state index is -3.34. The molecule has 1 aliphatic rings. The van der Waals surface area contributed by atoms with Gasteiger partial charge in [0.1, 0.15) is 11.1 Å². The minimum Gasteiger partial charge on any atom is -0.317 e. The van der Waals surface area contributed by atoms with Crippen LogP contribution in [0.1, 0.15) is 22.4 Å². The molecule has 1 N–H and O–H groups in total. The highest BCUT2D eigenvalue weighted by Crippen LogP contribution is 2.54. The number of amidine groups is 1. The molecule has 7 heteroatoms. The highest BCUT2D eigenvalue weighted by atomic mass is 31.2. The summed E-state index contributed by atoms with van der Waals surface area (Å²) in [5.74, 6) is 1.23. The van der Waals surface area contributed by atoms with Crippen LogP contribution in [0, 0.1) is 20.8 Å². The van der Waals surface area contributed by atoms with Crippen LogP contribution >= 0.6 is 7.44 Å². The van der Waals surface area contributed by atoms with Crippen molar-refractivity contribution in [2.24, 2.45) is 4.99 Å². The SMILES string of the molecule is Cc1ccc(NP2(=O)c3c(C)nn(-c4ccccc4)c3N=C(c3ccccc3)N2C)cc1C. The fraction of sp³-hybridized carbons (Fsp3) is 0.154. The van der Waals surface area contributed by atoms with Gasteiger partial charge in [-0.25, -0.2) is 9.67 Å². The molecule has 5 rings (SSSR count). The molecule has 0 saturated carbocycles. The number of benzene rings is 3. The first-order chi connectivity index (χ1) is 15.9. The first kappa shape index (κ1) is 21.2. The summed E-state index contributed by atoms with van der Waals surface area (Å²) in [6.45, 7) is 6.02. The van der Waals surface area contributed by atoms with Crippen LogP contribution in [0.3, 0.4) is 0 Å². The zero-order valence-corrected chi connectivity index (χ0v) is 20.0. The number of anilines is 1. The van der Waals surface area contributed by atoms with Crippen molar-refractivity contribution in [3.8, 4) is 5.69 Å². The largest absolute Gasteiger partial charge is 0.317 e. The van der Waals surface area contributed by atoms with E-state index in [4.69, 9.17) is 10.1 Å². The Labute approximate surface area is 194 Å². The van der Waals surface area contributed by atoms with Crippen molar-refractivity contribution in [1.82, 2.24) is 14.5 Å². The number of fused-ring (bicyclic) bond motifs is 1. The number of para-hydroxylation sites is 1. The third-order valence-electron chi connectivity index (χ3n) is 6.07. The molecule has 1 atom stereocenters. The maximum absolute atomic E-state index is 14.9. The van der Waals surface area contributed by atoms with Crippen LogP contribution in [0.2, 0.25) is 0 Å². The van der Waals surface area contributed by atoms with E-state index in [0.29, 0.717) is 22.7 Å². The second-order valence-electron chi connectivity index (χ2n) is 8.32. The highest BCUT2D eigenvalue weighted by Gasteiger charge is 2.43. The normalized spacial score (nSPS) is 17.5. The summed E-state index contributed by atoms with van der Waals surface area (Å²) in [6.07, 6.45) is 0. The second-order valence-corrected chi connectivity index (χ2v) is 10.7. The van der Waals surface area contributed by atoms with E-state index in [0.717, 1.165) is 22.5 Å². The maximum atomic E-state index is 14.9. The van der Waals surface area contributed by atoms with Gasteiger partial charge in [-0.2, -0.15) is 5.10 Å². The second kappa shape index (κ2) is 8.05. The topological polar surface area (TPSA) is 62.5 Å². The van der Waals surface area contributed by atoms with E-state index in [2.05, 4.69) is 18.9 Å². The van der Waals surface area contributed by atoms with Gasteiger partial charge in [-0.3, -0.25) is 9.24 Å². The molecular formula is C26H26N5OP. The molecule has 1 aromatic heterocycles. The Bertz CT molecular complexity index is 1410. The van der Waals surface area contributed by atoms with Crippen LogP contribution in [0.25, 0.3) is 5.69 Å². The Morgan fingerprint density at radius 1 is 0.848 bits per heavy atom. The Hall–Kier alpha value is -3.63. The molecule has 3 aromatic carbocycles. The molecule has 0 aliphatic carbocycles. The Morgan fingerprint density at radius 3 is 2.18 bits per heavy atom. The summed E-state index contributed by atoms with van der Waals surface area (Å²) in [5.41, 5.74) is 5.60. The third-order valence-corrected chi connectivity index (χ3v) is 8.79. The number of aliphatic imine (C=N–C) groups is 1. The molecule has 6 nitrogen and oxygen atoms in total. The summed E-state index contributed by atoms with van der Waals surface area (Å²) >= 11 is 0. The van der Waals surface area contributed by atoms with E-state index < -0.39 is 7.44 Å². The van der Waals surface area contributed by atoms with Crippen molar-refractivity contribution in [2.75, 3.05) is 12.1 Å². The molecule has 0 radical (unpaired) electrons. The van der Waals surface area contributed by atoms with E-state index in [9.17, 15) is 4.57 Å². The molecule has 0 fully saturated rings. The van der Waals surface area contributed by atoms with Crippen LogP contribution in [-0.2, 0) is 4.57 Å². The average Bonchev–Trinajstić information content (AvgIpc) is 3.17. The van der Waals surface area contributed by atoms with Gasteiger partial charge in [0.25, 0.3) is 7.44 Å². The molecule has 0 spiro atoms. The van der Waals surface area contributed by atoms with Gasteiger partial charge in [0.15, 0.2) is 5.82 Å². The van der Waals surface area contributed by atoms with Crippen LogP contribution in [-0.4, -0.2) is 27.3 Å². The van der Waals surface area contributed by atoms with Gasteiger partial charge in [0.05, 0.1) is 11.4 Å². The predicted octanol–water partition coefficient (Wildman–Crippen LogP) is 5.75. The van der Waals surface area contributed by atoms with E-state index in [1.165, 1.54) is 5.56 Å². The summed E-state index contributed by atoms with van der Waals surface area (Å²) in [6, 6.07) is 25.7. The van der Waals surface area contributed by atoms with E-state index in [1.54, 1.807) is 9.35 Å². The number of nitrogens with zero attached hydrogens (tertiary/aromatic N) is 4. The number of hydrogen-bond donors (Lipinski definition) is 1. The molecule has 166 valence electrons. The van der Waals surface area contributed by atoms with Crippen molar-refractivity contribution < 1.29 is 4.57 Å². The van der Waals surface area contributed by atoms with E-state index >= 15 is 0 Å². The number of aryl methyl sites for hydroxylation is 3. The Kier molecular flexibility index (Phi) is 5.18. The van der Waals surface area contributed by atoms with Crippen molar-refractivity contribution >= 4 is 30.1 Å². The van der Waals surface area contributed by atoms with Gasteiger partial charge in [0.2, 0.25) is 0 Å². The summed E-state index contributed by atoms with van der Waals surface area (Å²) in [4.78, 5) is 4.99. The van der Waals surface area contributed by atoms with Gasteiger partial charge < -0.3 is 5.09 Å². The van der Waals surface area contributed by atoms with Gasteiger partial charge >= 0.3 is 0 Å². The standard InChI is InChI=1S/C26H26N5OP/c1-18-15-16-22(17-19(18)2)29-33(32)24-20(3)28-31(23-13-9-6-10-14-23)26(24)27-25(30(33)4)21-11-7-5-8-12-21/h5-17H,1-4H3,(H,29,32). The fourth-order valence-corrected chi connectivity index (χ4v) is 6.50. The van der Waals surface area contributed by atoms with Crippen LogP contribution in [0.15, 0.2) is 83.9 Å². The first-order valence-corrected chi connectivity index (χ1v) is 12.5. The maximum Gasteiger partial charge on any atom is 0.296 e. The van der Waals surface area contributed by atoms with Crippen molar-refractivity contribution in [3.63, 3.8) is 0 Å². The summed E-state index contributed by atoms with van der Waals surface area (Å²) in [7, 11) is -1.50. The third kappa shape index (κ3) is 3.57. The summed E-state index contributed by atoms with van der Waals surface area (Å²) in [5, 5.41) is 8.78. The predicted molar refractivity (Wildman–Crippen MR) is 135 cm³/mol. The number of nitrogens with one attached hydrogen (secondary N) is 1. The monoisotopic (exact) mass is 455 g/mol. The number of hydrogen-bond acceptors (Lipinski definition) is 3. The van der Waals surface area contributed by atoms with Crippen LogP contribution in [0.4, 0.5) is 11.5 Å². The van der Waals surface area contributed by atoms with Crippen molar-refractivity contribution in [3.05, 3.63) is 101 Å². The molecule has 1 aliphatic heterocycles. The van der Waals surface area contributed by atoms with Gasteiger partial charge in [-0.05, 0) is 56.2 Å². The molecule has 0 saturated heterocycles. The van der Waals surface area contributed by atoms with E-state index in [-0.39, 0.29) is 0 Å². The number of rotatable bonds is 4. The Morgan fingerprint density at radius 2 is 1.52 bits per heavy atom. The summed E-state index contributed by atoms with van der Waals surface area (Å²) < 4.78 is 18.5. The minimum absolute atomic E-state index is 0.593. The first-order valence-electron chi connectivity index (χ1n) is 10.9. The smallest absolute Gasteiger partial charge is 0.296 e. The molecule has 33 heavy (non-hydrogen) atoms. The van der Waals surface area contributed by atoms with Crippen LogP contribution < -0.4 is 10.4 Å². The van der Waals surface area contributed by atoms with Crippen LogP contribution in [0.5, 0.6) is 0 Å². The Balaban J connectivity index is 1.74. The zero-order valence-electron chi connectivity index (χ0n) is 19.1. The average molecular weight is 456 g/mol. The molecule has 1 unspecified atom stereocenters. The quantitative estimate of drug-likeness (QED) is 0.398. The zero-order chi connectivity index (χ0) is 23.2. The van der Waals surface area contributed by atoms with E-state index in [1.807, 2.05) is 92.8 Å². The molecular weight excluding hydrogens is 429 g/mol. The van der Waals surface area contributed by atoms with Crippen molar-refractivity contribution in [2.45, 2.75) is 20.8 Å². The van der Waals surface area contributed by atoms with Crippen molar-refractivity contribution in [1.29, 1.82) is 0 Å².